The number of nitrogen functional groups attached to an aromatic ring is 1. The zero-order valence-corrected chi connectivity index (χ0v) is 20.4. The maximum Gasteiger partial charge on any atom is 0.271 e. The monoisotopic (exact) mass is 485 g/mol. The van der Waals surface area contributed by atoms with Crippen molar-refractivity contribution in [3.63, 3.8) is 0 Å². The summed E-state index contributed by atoms with van der Waals surface area (Å²) in [5.41, 5.74) is 12.6. The third-order valence-electron chi connectivity index (χ3n) is 6.89. The predicted octanol–water partition coefficient (Wildman–Crippen LogP) is 3.21. The first-order valence-corrected chi connectivity index (χ1v) is 12.4. The Hall–Kier alpha value is -3.91. The summed E-state index contributed by atoms with van der Waals surface area (Å²) in [5.74, 6) is 1.37. The summed E-state index contributed by atoms with van der Waals surface area (Å²) in [4.78, 5) is 27.1. The van der Waals surface area contributed by atoms with Gasteiger partial charge in [0.1, 0.15) is 5.75 Å². The van der Waals surface area contributed by atoms with E-state index in [0.29, 0.717) is 29.7 Å². The van der Waals surface area contributed by atoms with Crippen LogP contribution in [-0.2, 0) is 13.1 Å². The first-order valence-electron chi connectivity index (χ1n) is 12.4. The van der Waals surface area contributed by atoms with E-state index < -0.39 is 0 Å². The molecular weight excluding hydrogens is 454 g/mol. The van der Waals surface area contributed by atoms with E-state index in [1.807, 2.05) is 29.7 Å². The number of hydrogen-bond acceptors (Lipinski definition) is 6. The van der Waals surface area contributed by atoms with E-state index in [1.54, 1.807) is 36.5 Å². The van der Waals surface area contributed by atoms with Gasteiger partial charge in [-0.1, -0.05) is 6.07 Å². The van der Waals surface area contributed by atoms with Gasteiger partial charge in [-0.25, -0.2) is 5.43 Å². The molecule has 8 nitrogen and oxygen atoms in total. The molecule has 0 spiro atoms. The van der Waals surface area contributed by atoms with E-state index in [-0.39, 0.29) is 11.5 Å². The lowest BCUT2D eigenvalue weighted by atomic mass is 9.83. The average molecular weight is 486 g/mol. The van der Waals surface area contributed by atoms with Gasteiger partial charge in [0.05, 0.1) is 12.8 Å². The lowest BCUT2D eigenvalue weighted by Crippen LogP contribution is -2.46. The quantitative estimate of drug-likeness (QED) is 0.304. The van der Waals surface area contributed by atoms with Gasteiger partial charge in [0.15, 0.2) is 0 Å². The number of carbonyl (C=O) groups is 1. The van der Waals surface area contributed by atoms with E-state index in [1.165, 1.54) is 0 Å². The van der Waals surface area contributed by atoms with Gasteiger partial charge in [-0.15, -0.1) is 0 Å². The van der Waals surface area contributed by atoms with E-state index in [4.69, 9.17) is 10.5 Å². The molecular formula is C28H31N5O3. The van der Waals surface area contributed by atoms with Crippen molar-refractivity contribution >= 4 is 17.8 Å². The van der Waals surface area contributed by atoms with Crippen LogP contribution in [0.4, 0.5) is 5.69 Å². The second kappa shape index (κ2) is 10.4. The van der Waals surface area contributed by atoms with Crippen molar-refractivity contribution in [3.05, 3.63) is 93.4 Å². The SMILES string of the molecule is CCOc1ccc(C=NNC(=O)c2ccc(N)cc2)cc1CN1CC2CC(C1)c1cccc(=O)n1C2. The first-order chi connectivity index (χ1) is 17.5. The van der Waals surface area contributed by atoms with Gasteiger partial charge in [0.25, 0.3) is 11.5 Å². The summed E-state index contributed by atoms with van der Waals surface area (Å²) >= 11 is 0. The summed E-state index contributed by atoms with van der Waals surface area (Å²) in [6.45, 7) is 5.94. The van der Waals surface area contributed by atoms with Gasteiger partial charge in [0.2, 0.25) is 0 Å². The molecule has 0 saturated carbocycles. The fourth-order valence-electron chi connectivity index (χ4n) is 5.33. The number of anilines is 1. The van der Waals surface area contributed by atoms with Gasteiger partial charge in [-0.2, -0.15) is 5.10 Å². The molecule has 2 bridgehead atoms. The van der Waals surface area contributed by atoms with E-state index in [9.17, 15) is 9.59 Å². The summed E-state index contributed by atoms with van der Waals surface area (Å²) in [6.07, 6.45) is 2.76. The number of nitrogens with one attached hydrogen (secondary N) is 1. The summed E-state index contributed by atoms with van der Waals surface area (Å²) < 4.78 is 7.87. The molecule has 2 unspecified atom stereocenters. The molecule has 0 aliphatic carbocycles. The Labute approximate surface area is 210 Å². The van der Waals surface area contributed by atoms with Crippen molar-refractivity contribution in [3.8, 4) is 5.75 Å². The number of piperidine rings is 1. The number of carbonyl (C=O) groups excluding carboxylic acids is 1. The fourth-order valence-corrected chi connectivity index (χ4v) is 5.33. The zero-order chi connectivity index (χ0) is 25.1. The highest BCUT2D eigenvalue weighted by atomic mass is 16.5. The third kappa shape index (κ3) is 5.18. The molecule has 2 aliphatic rings. The average Bonchev–Trinajstić information content (AvgIpc) is 2.87. The molecule has 0 radical (unpaired) electrons. The number of likely N-dealkylation sites (tertiary alicyclic amines) is 1. The van der Waals surface area contributed by atoms with Crippen molar-refractivity contribution < 1.29 is 9.53 Å². The number of nitrogens with zero attached hydrogens (tertiary/aromatic N) is 3. The van der Waals surface area contributed by atoms with Crippen LogP contribution in [0.25, 0.3) is 0 Å². The lowest BCUT2D eigenvalue weighted by Gasteiger charge is -2.43. The maximum atomic E-state index is 12.3. The minimum atomic E-state index is -0.295. The molecule has 1 amide bonds. The standard InChI is InChI=1S/C28H31N5O3/c1-2-36-26-11-6-19(14-30-31-28(35)21-7-9-24(29)10-8-21)12-23(26)18-32-15-20-13-22(17-32)25-4-3-5-27(34)33(25)16-20/h3-12,14,20,22H,2,13,15-18,29H2,1H3,(H,31,35). The Balaban J connectivity index is 1.29. The van der Waals surface area contributed by atoms with Crippen molar-refractivity contribution in [1.29, 1.82) is 0 Å². The number of ether oxygens (including phenoxy) is 1. The Kier molecular flexibility index (Phi) is 6.86. The molecule has 186 valence electrons. The largest absolute Gasteiger partial charge is 0.494 e. The van der Waals surface area contributed by atoms with Crippen molar-refractivity contribution in [2.24, 2.45) is 11.0 Å². The molecule has 1 fully saturated rings. The van der Waals surface area contributed by atoms with Gasteiger partial charge < -0.3 is 15.0 Å². The first kappa shape index (κ1) is 23.8. The number of nitrogens with two attached hydrogens (primary N) is 1. The number of benzene rings is 2. The molecule has 2 aromatic carbocycles. The molecule has 36 heavy (non-hydrogen) atoms. The normalized spacial score (nSPS) is 19.1. The molecule has 3 heterocycles. The molecule has 2 aliphatic heterocycles. The number of amides is 1. The molecule has 3 N–H and O–H groups in total. The van der Waals surface area contributed by atoms with Crippen LogP contribution in [0.1, 0.15) is 46.4 Å². The number of rotatable bonds is 7. The van der Waals surface area contributed by atoms with Crippen LogP contribution in [0.3, 0.4) is 0 Å². The number of aromatic nitrogens is 1. The Morgan fingerprint density at radius 1 is 1.14 bits per heavy atom. The second-order valence-corrected chi connectivity index (χ2v) is 9.51. The van der Waals surface area contributed by atoms with E-state index in [2.05, 4.69) is 27.6 Å². The molecule has 1 saturated heterocycles. The molecule has 5 rings (SSSR count). The highest BCUT2D eigenvalue weighted by Gasteiger charge is 2.34. The minimum absolute atomic E-state index is 0.102. The summed E-state index contributed by atoms with van der Waals surface area (Å²) in [6, 6.07) is 18.3. The highest BCUT2D eigenvalue weighted by Crippen LogP contribution is 2.36. The number of hydrazone groups is 1. The van der Waals surface area contributed by atoms with Gasteiger partial charge in [-0.3, -0.25) is 14.5 Å². The molecule has 3 aromatic rings. The summed E-state index contributed by atoms with van der Waals surface area (Å²) in [7, 11) is 0. The maximum absolute atomic E-state index is 12.3. The number of pyridine rings is 1. The van der Waals surface area contributed by atoms with Crippen LogP contribution in [0, 0.1) is 5.92 Å². The minimum Gasteiger partial charge on any atom is -0.494 e. The van der Waals surface area contributed by atoms with Crippen LogP contribution < -0.4 is 21.5 Å². The van der Waals surface area contributed by atoms with Crippen LogP contribution in [0.5, 0.6) is 5.75 Å². The Morgan fingerprint density at radius 3 is 2.78 bits per heavy atom. The zero-order valence-electron chi connectivity index (χ0n) is 20.4. The molecule has 1 aromatic heterocycles. The fraction of sp³-hybridized carbons (Fsp3) is 0.321. The highest BCUT2D eigenvalue weighted by molar-refractivity contribution is 5.95. The van der Waals surface area contributed by atoms with Crippen LogP contribution in [0.15, 0.2) is 70.6 Å². The van der Waals surface area contributed by atoms with Crippen molar-refractivity contribution in [2.75, 3.05) is 25.4 Å². The topological polar surface area (TPSA) is 102 Å². The second-order valence-electron chi connectivity index (χ2n) is 9.51. The molecule has 2 atom stereocenters. The van der Waals surface area contributed by atoms with E-state index >= 15 is 0 Å². The van der Waals surface area contributed by atoms with Crippen LogP contribution in [-0.4, -0.2) is 41.3 Å². The van der Waals surface area contributed by atoms with E-state index in [0.717, 1.165) is 55.2 Å². The third-order valence-corrected chi connectivity index (χ3v) is 6.89. The van der Waals surface area contributed by atoms with Crippen molar-refractivity contribution in [1.82, 2.24) is 14.9 Å². The summed E-state index contributed by atoms with van der Waals surface area (Å²) in [5, 5.41) is 4.14. The number of fused-ring (bicyclic) bond motifs is 4. The van der Waals surface area contributed by atoms with Gasteiger partial charge in [-0.05, 0) is 73.4 Å². The Bertz CT molecular complexity index is 1330. The Morgan fingerprint density at radius 2 is 1.97 bits per heavy atom. The van der Waals surface area contributed by atoms with Crippen LogP contribution >= 0.6 is 0 Å². The van der Waals surface area contributed by atoms with Gasteiger partial charge >= 0.3 is 0 Å². The lowest BCUT2D eigenvalue weighted by molar-refractivity contribution is 0.0955. The van der Waals surface area contributed by atoms with Crippen molar-refractivity contribution in [2.45, 2.75) is 32.4 Å². The van der Waals surface area contributed by atoms with Crippen LogP contribution in [0.2, 0.25) is 0 Å². The smallest absolute Gasteiger partial charge is 0.271 e. The molecule has 8 heteroatoms. The van der Waals surface area contributed by atoms with Gasteiger partial charge in [0, 0.05) is 60.7 Å². The number of hydrogen-bond donors (Lipinski definition) is 2. The predicted molar refractivity (Wildman–Crippen MR) is 140 cm³/mol.